The molecule has 124 valence electrons. The number of piperazine rings is 1. The zero-order valence-electron chi connectivity index (χ0n) is 14.1. The van der Waals surface area contributed by atoms with Crippen LogP contribution in [0.4, 0.5) is 0 Å². The highest BCUT2D eigenvalue weighted by Crippen LogP contribution is 2.22. The van der Waals surface area contributed by atoms with E-state index < -0.39 is 0 Å². The molecule has 1 fully saturated rings. The highest BCUT2D eigenvalue weighted by Gasteiger charge is 2.16. The number of benzene rings is 1. The number of rotatable bonds is 6. The monoisotopic (exact) mass is 330 g/mol. The molecular weight excluding hydrogens is 304 g/mol. The van der Waals surface area contributed by atoms with Gasteiger partial charge in [-0.1, -0.05) is 24.3 Å². The fourth-order valence-corrected chi connectivity index (χ4v) is 3.45. The van der Waals surface area contributed by atoms with E-state index in [0.29, 0.717) is 0 Å². The number of hydrogen-bond acceptors (Lipinski definition) is 4. The van der Waals surface area contributed by atoms with Crippen molar-refractivity contribution < 1.29 is 4.42 Å². The predicted molar refractivity (Wildman–Crippen MR) is 99.0 cm³/mol. The molecule has 0 bridgehead atoms. The van der Waals surface area contributed by atoms with Gasteiger partial charge in [-0.3, -0.25) is 9.80 Å². The zero-order chi connectivity index (χ0) is 16.1. The third-order valence-electron chi connectivity index (χ3n) is 4.46. The van der Waals surface area contributed by atoms with Gasteiger partial charge in [0.2, 0.25) is 0 Å². The van der Waals surface area contributed by atoms with E-state index in [0.717, 1.165) is 23.6 Å². The fraction of sp³-hybridized carbons (Fsp3) is 0.474. The van der Waals surface area contributed by atoms with Crippen LogP contribution in [0.3, 0.4) is 0 Å². The van der Waals surface area contributed by atoms with Gasteiger partial charge in [0, 0.05) is 50.6 Å². The van der Waals surface area contributed by atoms with Crippen LogP contribution in [-0.4, -0.2) is 54.5 Å². The second-order valence-electron chi connectivity index (χ2n) is 6.22. The van der Waals surface area contributed by atoms with E-state index >= 15 is 0 Å². The minimum Gasteiger partial charge on any atom is -0.461 e. The van der Waals surface area contributed by atoms with Crippen molar-refractivity contribution in [2.45, 2.75) is 13.5 Å². The Bertz CT molecular complexity index is 600. The molecule has 23 heavy (non-hydrogen) atoms. The first-order chi connectivity index (χ1) is 11.2. The Morgan fingerprint density at radius 2 is 1.65 bits per heavy atom. The lowest BCUT2D eigenvalue weighted by Crippen LogP contribution is -2.46. The fourth-order valence-electron chi connectivity index (χ4n) is 3.01. The molecule has 0 radical (unpaired) electrons. The molecular formula is C19H26N2OS. The Labute approximate surface area is 143 Å². The molecule has 0 amide bonds. The summed E-state index contributed by atoms with van der Waals surface area (Å²) in [5.41, 5.74) is 2.54. The molecule has 2 aromatic rings. The molecule has 0 atom stereocenters. The van der Waals surface area contributed by atoms with Gasteiger partial charge in [-0.15, -0.1) is 0 Å². The molecule has 0 saturated carbocycles. The third-order valence-corrected chi connectivity index (χ3v) is 5.05. The third kappa shape index (κ3) is 4.63. The van der Waals surface area contributed by atoms with Crippen LogP contribution in [0.1, 0.15) is 11.3 Å². The SMILES string of the molecule is CSCCN1CCN(Cc2ccc(-c3ccc(C)o3)cc2)CC1. The van der Waals surface area contributed by atoms with Gasteiger partial charge in [-0.05, 0) is 30.9 Å². The highest BCUT2D eigenvalue weighted by molar-refractivity contribution is 7.98. The topological polar surface area (TPSA) is 19.6 Å². The van der Waals surface area contributed by atoms with Gasteiger partial charge in [-0.2, -0.15) is 11.8 Å². The molecule has 0 aliphatic carbocycles. The molecule has 1 aromatic heterocycles. The van der Waals surface area contributed by atoms with E-state index in [-0.39, 0.29) is 0 Å². The highest BCUT2D eigenvalue weighted by atomic mass is 32.2. The molecule has 1 aliphatic rings. The standard InChI is InChI=1S/C19H26N2OS/c1-16-3-8-19(22-16)18-6-4-17(5-7-18)15-21-11-9-20(10-12-21)13-14-23-2/h3-8H,9-15H2,1-2H3. The average Bonchev–Trinajstić information content (AvgIpc) is 3.01. The molecule has 3 rings (SSSR count). The van der Waals surface area contributed by atoms with Crippen molar-refractivity contribution in [3.8, 4) is 11.3 Å². The Kier molecular flexibility index (Phi) is 5.81. The van der Waals surface area contributed by atoms with Gasteiger partial charge in [-0.25, -0.2) is 0 Å². The van der Waals surface area contributed by atoms with Gasteiger partial charge in [0.25, 0.3) is 0 Å². The summed E-state index contributed by atoms with van der Waals surface area (Å²) in [6.07, 6.45) is 2.18. The molecule has 1 aromatic carbocycles. The Balaban J connectivity index is 1.51. The summed E-state index contributed by atoms with van der Waals surface area (Å²) in [6.45, 7) is 9.01. The van der Waals surface area contributed by atoms with Crippen LogP contribution in [0.5, 0.6) is 0 Å². The van der Waals surface area contributed by atoms with E-state index in [4.69, 9.17) is 4.42 Å². The minimum absolute atomic E-state index is 0.955. The Morgan fingerprint density at radius 3 is 2.26 bits per heavy atom. The van der Waals surface area contributed by atoms with Crippen LogP contribution in [0.2, 0.25) is 0 Å². The largest absolute Gasteiger partial charge is 0.461 e. The summed E-state index contributed by atoms with van der Waals surface area (Å²) < 4.78 is 5.69. The van der Waals surface area contributed by atoms with Crippen LogP contribution in [0, 0.1) is 6.92 Å². The van der Waals surface area contributed by atoms with Crippen molar-refractivity contribution in [1.29, 1.82) is 0 Å². The summed E-state index contributed by atoms with van der Waals surface area (Å²) in [6, 6.07) is 12.9. The van der Waals surface area contributed by atoms with Crippen LogP contribution in [0.15, 0.2) is 40.8 Å². The van der Waals surface area contributed by atoms with Gasteiger partial charge >= 0.3 is 0 Å². The Hall–Kier alpha value is -1.23. The molecule has 4 heteroatoms. The Morgan fingerprint density at radius 1 is 0.957 bits per heavy atom. The average molecular weight is 330 g/mol. The predicted octanol–water partition coefficient (Wildman–Crippen LogP) is 3.74. The normalized spacial score (nSPS) is 16.8. The molecule has 0 spiro atoms. The number of furan rings is 1. The number of hydrogen-bond donors (Lipinski definition) is 0. The minimum atomic E-state index is 0.955. The first kappa shape index (κ1) is 16.6. The maximum Gasteiger partial charge on any atom is 0.134 e. The lowest BCUT2D eigenvalue weighted by molar-refractivity contribution is 0.133. The van der Waals surface area contributed by atoms with E-state index in [1.165, 1.54) is 44.0 Å². The smallest absolute Gasteiger partial charge is 0.134 e. The summed E-state index contributed by atoms with van der Waals surface area (Å²) in [4.78, 5) is 5.14. The van der Waals surface area contributed by atoms with Crippen molar-refractivity contribution in [1.82, 2.24) is 9.80 Å². The van der Waals surface area contributed by atoms with Crippen molar-refractivity contribution in [3.63, 3.8) is 0 Å². The maximum absolute atomic E-state index is 5.69. The van der Waals surface area contributed by atoms with Crippen molar-refractivity contribution in [3.05, 3.63) is 47.7 Å². The second-order valence-corrected chi connectivity index (χ2v) is 7.20. The second kappa shape index (κ2) is 8.04. The van der Waals surface area contributed by atoms with E-state index in [9.17, 15) is 0 Å². The summed E-state index contributed by atoms with van der Waals surface area (Å²) in [7, 11) is 0. The maximum atomic E-state index is 5.69. The number of aryl methyl sites for hydroxylation is 1. The van der Waals surface area contributed by atoms with Gasteiger partial charge in [0.1, 0.15) is 11.5 Å². The van der Waals surface area contributed by atoms with Crippen LogP contribution in [-0.2, 0) is 6.54 Å². The van der Waals surface area contributed by atoms with Gasteiger partial charge in [0.15, 0.2) is 0 Å². The summed E-state index contributed by atoms with van der Waals surface area (Å²) in [5.74, 6) is 3.16. The van der Waals surface area contributed by atoms with Gasteiger partial charge in [0.05, 0.1) is 0 Å². The first-order valence-corrected chi connectivity index (χ1v) is 9.73. The molecule has 0 N–H and O–H groups in total. The molecule has 2 heterocycles. The van der Waals surface area contributed by atoms with Gasteiger partial charge < -0.3 is 4.42 Å². The molecule has 0 unspecified atom stereocenters. The summed E-state index contributed by atoms with van der Waals surface area (Å²) >= 11 is 1.94. The molecule has 1 aliphatic heterocycles. The van der Waals surface area contributed by atoms with Crippen LogP contribution >= 0.6 is 11.8 Å². The quantitative estimate of drug-likeness (QED) is 0.803. The van der Waals surface area contributed by atoms with E-state index in [2.05, 4.69) is 40.3 Å². The van der Waals surface area contributed by atoms with E-state index in [1.54, 1.807) is 0 Å². The number of thioether (sulfide) groups is 1. The van der Waals surface area contributed by atoms with Crippen molar-refractivity contribution in [2.75, 3.05) is 44.7 Å². The zero-order valence-corrected chi connectivity index (χ0v) is 14.9. The first-order valence-electron chi connectivity index (χ1n) is 8.34. The molecule has 1 saturated heterocycles. The van der Waals surface area contributed by atoms with Crippen molar-refractivity contribution in [2.24, 2.45) is 0 Å². The summed E-state index contributed by atoms with van der Waals surface area (Å²) in [5, 5.41) is 0. The lowest BCUT2D eigenvalue weighted by Gasteiger charge is -2.34. The van der Waals surface area contributed by atoms with Crippen LogP contribution in [0.25, 0.3) is 11.3 Å². The van der Waals surface area contributed by atoms with E-state index in [1.807, 2.05) is 30.8 Å². The lowest BCUT2D eigenvalue weighted by atomic mass is 10.1. The molecule has 3 nitrogen and oxygen atoms in total. The van der Waals surface area contributed by atoms with Crippen LogP contribution < -0.4 is 0 Å². The number of nitrogens with zero attached hydrogens (tertiary/aromatic N) is 2. The van der Waals surface area contributed by atoms with Crippen molar-refractivity contribution >= 4 is 11.8 Å².